The Hall–Kier alpha value is -5.28. The number of ether oxygens (including phenoxy) is 4. The molecule has 0 aliphatic carbocycles. The van der Waals surface area contributed by atoms with Gasteiger partial charge in [0.05, 0.1) is 11.9 Å². The van der Waals surface area contributed by atoms with Gasteiger partial charge in [-0.3, -0.25) is 14.5 Å². The number of amides is 2. The average molecular weight is 769 g/mol. The number of hydrogen-bond acceptors (Lipinski definition) is 8. The van der Waals surface area contributed by atoms with Crippen LogP contribution in [0.5, 0.6) is 28.9 Å². The van der Waals surface area contributed by atoms with Gasteiger partial charge in [0, 0.05) is 69.4 Å². The van der Waals surface area contributed by atoms with Crippen molar-refractivity contribution in [1.82, 2.24) is 19.4 Å². The van der Waals surface area contributed by atoms with Crippen molar-refractivity contribution in [1.29, 1.82) is 0 Å². The lowest BCUT2D eigenvalue weighted by molar-refractivity contribution is -0.274. The number of aryl methyl sites for hydroxylation is 1. The number of carbonyl (C=O) groups is 2. The van der Waals surface area contributed by atoms with Crippen molar-refractivity contribution in [2.45, 2.75) is 12.9 Å². The van der Waals surface area contributed by atoms with E-state index in [4.69, 9.17) is 14.2 Å². The number of hydrogen-bond donors (Lipinski definition) is 0. The van der Waals surface area contributed by atoms with Crippen LogP contribution in [0.4, 0.5) is 18.9 Å². The number of nitrogens with zero attached hydrogens (tertiary/aromatic N) is 5. The number of rotatable bonds is 8. The Morgan fingerprint density at radius 1 is 0.882 bits per heavy atom. The Kier molecular flexibility index (Phi) is 10.1. The zero-order valence-electron chi connectivity index (χ0n) is 27.6. The molecule has 0 unspecified atom stereocenters. The molecular weight excluding hydrogens is 735 g/mol. The van der Waals surface area contributed by atoms with Gasteiger partial charge in [0.15, 0.2) is 11.5 Å². The van der Waals surface area contributed by atoms with Crippen LogP contribution < -0.4 is 23.8 Å². The van der Waals surface area contributed by atoms with Gasteiger partial charge < -0.3 is 33.3 Å². The van der Waals surface area contributed by atoms with Crippen molar-refractivity contribution in [3.05, 3.63) is 102 Å². The summed E-state index contributed by atoms with van der Waals surface area (Å²) in [7, 11) is 3.40. The highest BCUT2D eigenvalue weighted by Crippen LogP contribution is 2.33. The maximum absolute atomic E-state index is 13.6. The number of fused-ring (bicyclic) bond motifs is 2. The number of piperazine rings is 1. The van der Waals surface area contributed by atoms with Crippen LogP contribution >= 0.6 is 17.0 Å². The SMILES string of the molecule is Br.CN(C(=O)c1ccc(OC(F)(F)F)cc1)c1ccc(Oc2ccc3c(c2)cc(C(=O)N2CCN(Cc4ccc5c(c4)OCO5)CC2)n3C)nc1. The second-order valence-electron chi connectivity index (χ2n) is 12.0. The second-order valence-corrected chi connectivity index (χ2v) is 12.0. The molecule has 7 rings (SSSR count). The molecule has 0 radical (unpaired) electrons. The number of halogens is 4. The summed E-state index contributed by atoms with van der Waals surface area (Å²) in [6.45, 7) is 3.76. The van der Waals surface area contributed by atoms with Gasteiger partial charge in [0.25, 0.3) is 11.8 Å². The van der Waals surface area contributed by atoms with E-state index in [9.17, 15) is 22.8 Å². The molecule has 266 valence electrons. The maximum atomic E-state index is 13.6. The van der Waals surface area contributed by atoms with Gasteiger partial charge in [-0.25, -0.2) is 4.98 Å². The molecule has 0 atom stereocenters. The molecular formula is C36H33BrF3N5O6. The molecule has 2 aromatic heterocycles. The van der Waals surface area contributed by atoms with Gasteiger partial charge >= 0.3 is 6.36 Å². The fraction of sp³-hybridized carbons (Fsp3) is 0.250. The number of aromatic nitrogens is 2. The number of carbonyl (C=O) groups excluding carboxylic acids is 2. The van der Waals surface area contributed by atoms with Gasteiger partial charge in [-0.15, -0.1) is 30.2 Å². The van der Waals surface area contributed by atoms with Crippen molar-refractivity contribution in [2.75, 3.05) is 44.9 Å². The van der Waals surface area contributed by atoms with Crippen LogP contribution in [0.1, 0.15) is 26.4 Å². The summed E-state index contributed by atoms with van der Waals surface area (Å²) in [5.41, 5.74) is 3.23. The first-order valence-electron chi connectivity index (χ1n) is 15.8. The van der Waals surface area contributed by atoms with Crippen LogP contribution in [0, 0.1) is 0 Å². The van der Waals surface area contributed by atoms with E-state index in [0.29, 0.717) is 30.2 Å². The minimum Gasteiger partial charge on any atom is -0.454 e. The summed E-state index contributed by atoms with van der Waals surface area (Å²) >= 11 is 0. The highest BCUT2D eigenvalue weighted by Gasteiger charge is 2.31. The van der Waals surface area contributed by atoms with Crippen LogP contribution in [0.2, 0.25) is 0 Å². The van der Waals surface area contributed by atoms with Gasteiger partial charge in [-0.05, 0) is 72.3 Å². The molecule has 51 heavy (non-hydrogen) atoms. The molecule has 1 fully saturated rings. The normalized spacial score (nSPS) is 14.3. The smallest absolute Gasteiger partial charge is 0.454 e. The highest BCUT2D eigenvalue weighted by atomic mass is 79.9. The lowest BCUT2D eigenvalue weighted by Gasteiger charge is -2.34. The molecule has 3 aromatic carbocycles. The molecule has 0 saturated carbocycles. The predicted octanol–water partition coefficient (Wildman–Crippen LogP) is 6.81. The molecule has 0 spiro atoms. The average Bonchev–Trinajstić information content (AvgIpc) is 3.71. The van der Waals surface area contributed by atoms with Crippen molar-refractivity contribution in [2.24, 2.45) is 7.05 Å². The summed E-state index contributed by atoms with van der Waals surface area (Å²) in [6, 6.07) is 21.3. The third-order valence-corrected chi connectivity index (χ3v) is 8.71. The summed E-state index contributed by atoms with van der Waals surface area (Å²) < 4.78 is 60.0. The summed E-state index contributed by atoms with van der Waals surface area (Å²) in [5.74, 6) is 1.44. The van der Waals surface area contributed by atoms with Crippen molar-refractivity contribution < 1.29 is 41.7 Å². The predicted molar refractivity (Wildman–Crippen MR) is 187 cm³/mol. The van der Waals surface area contributed by atoms with Crippen LogP contribution in [-0.2, 0) is 13.6 Å². The minimum absolute atomic E-state index is 0. The minimum atomic E-state index is -4.82. The number of pyridine rings is 1. The first kappa shape index (κ1) is 35.5. The van der Waals surface area contributed by atoms with E-state index in [1.165, 1.54) is 30.3 Å². The Morgan fingerprint density at radius 3 is 2.31 bits per heavy atom. The number of anilines is 1. The Labute approximate surface area is 301 Å². The van der Waals surface area contributed by atoms with Crippen LogP contribution in [0.25, 0.3) is 10.9 Å². The lowest BCUT2D eigenvalue weighted by atomic mass is 10.1. The van der Waals surface area contributed by atoms with Crippen LogP contribution in [-0.4, -0.2) is 77.5 Å². The van der Waals surface area contributed by atoms with Crippen LogP contribution in [0.15, 0.2) is 85.1 Å². The molecule has 0 N–H and O–H groups in total. The molecule has 15 heteroatoms. The zero-order chi connectivity index (χ0) is 35.0. The standard InChI is InChI=1S/C36H32F3N5O6.BrH/c1-41(34(45)24-4-7-27(8-5-24)50-36(37,38)39)26-6-12-33(40-20-26)49-28-9-10-29-25(18-28)19-30(42(29)2)35(46)44-15-13-43(14-16-44)21-23-3-11-31-32(17-23)48-22-47-31;/h3-12,17-20H,13-16,21-22H2,1-2H3;1H. The van der Waals surface area contributed by atoms with Crippen LogP contribution in [0.3, 0.4) is 0 Å². The van der Waals surface area contributed by atoms with Gasteiger partial charge in [0.2, 0.25) is 12.7 Å². The van der Waals surface area contributed by atoms with E-state index >= 15 is 0 Å². The van der Waals surface area contributed by atoms with Crippen molar-refractivity contribution in [3.63, 3.8) is 0 Å². The fourth-order valence-electron chi connectivity index (χ4n) is 6.03. The maximum Gasteiger partial charge on any atom is 0.573 e. The fourth-order valence-corrected chi connectivity index (χ4v) is 6.03. The van der Waals surface area contributed by atoms with E-state index in [-0.39, 0.29) is 41.1 Å². The largest absolute Gasteiger partial charge is 0.573 e. The van der Waals surface area contributed by atoms with E-state index in [1.807, 2.05) is 52.9 Å². The molecule has 2 aliphatic rings. The molecule has 0 bridgehead atoms. The van der Waals surface area contributed by atoms with Gasteiger partial charge in [0.1, 0.15) is 17.2 Å². The Morgan fingerprint density at radius 2 is 1.61 bits per heavy atom. The van der Waals surface area contributed by atoms with E-state index in [2.05, 4.69) is 14.6 Å². The number of benzene rings is 3. The molecule has 11 nitrogen and oxygen atoms in total. The van der Waals surface area contributed by atoms with Gasteiger partial charge in [-0.1, -0.05) is 6.07 Å². The molecule has 4 heterocycles. The summed E-state index contributed by atoms with van der Waals surface area (Å²) in [5, 5.41) is 0.836. The van der Waals surface area contributed by atoms with E-state index < -0.39 is 18.0 Å². The highest BCUT2D eigenvalue weighted by molar-refractivity contribution is 8.93. The van der Waals surface area contributed by atoms with E-state index in [0.717, 1.165) is 59.7 Å². The van der Waals surface area contributed by atoms with Crippen molar-refractivity contribution in [3.8, 4) is 28.9 Å². The van der Waals surface area contributed by atoms with Crippen molar-refractivity contribution >= 4 is 45.4 Å². The van der Waals surface area contributed by atoms with Gasteiger partial charge in [-0.2, -0.15) is 0 Å². The lowest BCUT2D eigenvalue weighted by Crippen LogP contribution is -2.48. The summed E-state index contributed by atoms with van der Waals surface area (Å²) in [4.78, 5) is 36.3. The third-order valence-electron chi connectivity index (χ3n) is 8.71. The Balaban J connectivity index is 0.00000448. The zero-order valence-corrected chi connectivity index (χ0v) is 29.3. The monoisotopic (exact) mass is 767 g/mol. The molecule has 2 aliphatic heterocycles. The summed E-state index contributed by atoms with van der Waals surface area (Å²) in [6.07, 6.45) is -3.36. The number of alkyl halides is 3. The Bertz CT molecular complexity index is 2050. The molecule has 5 aromatic rings. The quantitative estimate of drug-likeness (QED) is 0.170. The van der Waals surface area contributed by atoms with E-state index in [1.54, 1.807) is 18.2 Å². The second kappa shape index (κ2) is 14.5. The molecule has 2 amide bonds. The third kappa shape index (κ3) is 7.89. The first-order valence-corrected chi connectivity index (χ1v) is 15.8. The molecule has 1 saturated heterocycles. The topological polar surface area (TPSA) is 98.6 Å². The first-order chi connectivity index (χ1) is 24.0.